The van der Waals surface area contributed by atoms with Crippen molar-refractivity contribution in [3.8, 4) is 12.1 Å². The Kier molecular flexibility index (Phi) is 4.56. The predicted octanol–water partition coefficient (Wildman–Crippen LogP) is 1.79. The maximum Gasteiger partial charge on any atom is 0.271 e. The summed E-state index contributed by atoms with van der Waals surface area (Å²) >= 11 is 1.21. The van der Waals surface area contributed by atoms with Crippen molar-refractivity contribution < 1.29 is 0 Å². The van der Waals surface area contributed by atoms with Crippen molar-refractivity contribution in [3.05, 3.63) is 55.5 Å². The number of likely N-dealkylation sites (N-methyl/N-ethyl adjacent to an activating group) is 1. The van der Waals surface area contributed by atoms with Crippen LogP contribution >= 0.6 is 11.3 Å². The van der Waals surface area contributed by atoms with Crippen LogP contribution in [0.5, 0.6) is 0 Å². The summed E-state index contributed by atoms with van der Waals surface area (Å²) in [5.41, 5.74) is 2.76. The molecule has 0 N–H and O–H groups in total. The van der Waals surface area contributed by atoms with Gasteiger partial charge in [-0.05, 0) is 31.6 Å². The van der Waals surface area contributed by atoms with E-state index in [4.69, 9.17) is 0 Å². The van der Waals surface area contributed by atoms with E-state index in [0.29, 0.717) is 22.3 Å². The van der Waals surface area contributed by atoms with E-state index in [9.17, 15) is 15.3 Å². The SMILES string of the molecule is CCN1C(=c2sc(=C(C#N)C#N)n(CC)c2=O)C=Cc2ccccc21. The summed E-state index contributed by atoms with van der Waals surface area (Å²) in [6, 6.07) is 11.8. The van der Waals surface area contributed by atoms with Crippen molar-refractivity contribution in [1.82, 2.24) is 4.57 Å². The number of hydrogen-bond donors (Lipinski definition) is 0. The quantitative estimate of drug-likeness (QED) is 0.829. The lowest BCUT2D eigenvalue weighted by molar-refractivity contribution is 0.721. The van der Waals surface area contributed by atoms with E-state index in [1.165, 1.54) is 15.9 Å². The lowest BCUT2D eigenvalue weighted by Crippen LogP contribution is -2.36. The molecule has 1 aliphatic heterocycles. The molecule has 0 saturated heterocycles. The molecule has 5 nitrogen and oxygen atoms in total. The Labute approximate surface area is 149 Å². The van der Waals surface area contributed by atoms with Crippen molar-refractivity contribution in [3.63, 3.8) is 0 Å². The third-order valence-electron chi connectivity index (χ3n) is 4.12. The highest BCUT2D eigenvalue weighted by atomic mass is 32.1. The number of nitriles is 2. The van der Waals surface area contributed by atoms with Gasteiger partial charge < -0.3 is 4.90 Å². The molecule has 2 aromatic rings. The number of thiazole rings is 1. The number of rotatable bonds is 2. The zero-order chi connectivity index (χ0) is 18.0. The van der Waals surface area contributed by atoms with Crippen LogP contribution in [0.15, 0.2) is 35.1 Å². The van der Waals surface area contributed by atoms with Gasteiger partial charge in [-0.1, -0.05) is 24.3 Å². The minimum absolute atomic E-state index is 0.0287. The second-order valence-corrected chi connectivity index (χ2v) is 6.41. The zero-order valence-corrected chi connectivity index (χ0v) is 14.8. The van der Waals surface area contributed by atoms with Crippen LogP contribution < -0.4 is 19.7 Å². The summed E-state index contributed by atoms with van der Waals surface area (Å²) in [6.45, 7) is 4.99. The van der Waals surface area contributed by atoms with E-state index in [-0.39, 0.29) is 11.1 Å². The molecule has 124 valence electrons. The van der Waals surface area contributed by atoms with Crippen molar-refractivity contribution >= 4 is 34.4 Å². The maximum atomic E-state index is 12.9. The van der Waals surface area contributed by atoms with Crippen LogP contribution in [0.4, 0.5) is 5.69 Å². The fraction of sp³-hybridized carbons (Fsp3) is 0.211. The van der Waals surface area contributed by atoms with Crippen LogP contribution in [0, 0.1) is 22.7 Å². The average molecular weight is 348 g/mol. The van der Waals surface area contributed by atoms with E-state index in [1.54, 1.807) is 0 Å². The average Bonchev–Trinajstić information content (AvgIpc) is 2.98. The van der Waals surface area contributed by atoms with Crippen LogP contribution in [0.3, 0.4) is 0 Å². The molecule has 2 heterocycles. The molecule has 3 rings (SSSR count). The largest absolute Gasteiger partial charge is 0.340 e. The van der Waals surface area contributed by atoms with Crippen molar-refractivity contribution in [2.45, 2.75) is 20.4 Å². The Balaban J connectivity index is 2.42. The van der Waals surface area contributed by atoms with Gasteiger partial charge in [-0.25, -0.2) is 0 Å². The van der Waals surface area contributed by atoms with Crippen molar-refractivity contribution in [1.29, 1.82) is 10.5 Å². The molecule has 0 bridgehead atoms. The fourth-order valence-electron chi connectivity index (χ4n) is 2.97. The summed E-state index contributed by atoms with van der Waals surface area (Å²) in [6.07, 6.45) is 3.92. The first kappa shape index (κ1) is 16.8. The molecular weight excluding hydrogens is 332 g/mol. The normalized spacial score (nSPS) is 14.6. The topological polar surface area (TPSA) is 72.8 Å². The number of hydrogen-bond acceptors (Lipinski definition) is 5. The van der Waals surface area contributed by atoms with Gasteiger partial charge in [0.2, 0.25) is 0 Å². The van der Waals surface area contributed by atoms with Crippen LogP contribution in [0.1, 0.15) is 19.4 Å². The first-order valence-corrected chi connectivity index (χ1v) is 8.81. The molecule has 0 fully saturated rings. The summed E-state index contributed by atoms with van der Waals surface area (Å²) in [4.78, 5) is 15.0. The first-order chi connectivity index (χ1) is 12.2. The highest BCUT2D eigenvalue weighted by Gasteiger charge is 2.19. The number of nitrogens with zero attached hydrogens (tertiary/aromatic N) is 4. The highest BCUT2D eigenvalue weighted by Crippen LogP contribution is 2.30. The highest BCUT2D eigenvalue weighted by molar-refractivity contribution is 7.07. The summed E-state index contributed by atoms with van der Waals surface area (Å²) in [7, 11) is 0. The Morgan fingerprint density at radius 2 is 1.84 bits per heavy atom. The minimum Gasteiger partial charge on any atom is -0.340 e. The first-order valence-electron chi connectivity index (χ1n) is 7.99. The van der Waals surface area contributed by atoms with Gasteiger partial charge in [-0.3, -0.25) is 9.36 Å². The van der Waals surface area contributed by atoms with Gasteiger partial charge in [0.25, 0.3) is 5.56 Å². The Morgan fingerprint density at radius 1 is 1.12 bits per heavy atom. The molecule has 1 aliphatic rings. The van der Waals surface area contributed by atoms with E-state index in [0.717, 1.165) is 16.9 Å². The summed E-state index contributed by atoms with van der Waals surface area (Å²) < 4.78 is 2.47. The van der Waals surface area contributed by atoms with Gasteiger partial charge in [0.15, 0.2) is 5.57 Å². The van der Waals surface area contributed by atoms with Gasteiger partial charge in [-0.2, -0.15) is 10.5 Å². The number of benzene rings is 1. The lowest BCUT2D eigenvalue weighted by atomic mass is 10.1. The van der Waals surface area contributed by atoms with Crippen LogP contribution in [0.2, 0.25) is 0 Å². The minimum atomic E-state index is -0.164. The maximum absolute atomic E-state index is 12.9. The van der Waals surface area contributed by atoms with Gasteiger partial charge in [-0.15, -0.1) is 11.3 Å². The standard InChI is InChI=1S/C19H16N4OS/c1-3-22-15-8-6-5-7-13(15)9-10-16(22)17-18(24)23(4-2)19(25-17)14(11-20)12-21/h5-10H,3-4H2,1-2H3. The molecule has 1 aromatic carbocycles. The van der Waals surface area contributed by atoms with Crippen molar-refractivity contribution in [2.24, 2.45) is 0 Å². The molecule has 0 unspecified atom stereocenters. The Hall–Kier alpha value is -3.09. The fourth-order valence-corrected chi connectivity index (χ4v) is 4.16. The van der Waals surface area contributed by atoms with Crippen LogP contribution in [-0.2, 0) is 6.54 Å². The van der Waals surface area contributed by atoms with E-state index < -0.39 is 0 Å². The van der Waals surface area contributed by atoms with Crippen LogP contribution in [0.25, 0.3) is 17.3 Å². The summed E-state index contributed by atoms with van der Waals surface area (Å²) in [5.74, 6) is 0. The van der Waals surface area contributed by atoms with Gasteiger partial charge in [0.1, 0.15) is 21.3 Å². The van der Waals surface area contributed by atoms with Crippen molar-refractivity contribution in [2.75, 3.05) is 11.4 Å². The van der Waals surface area contributed by atoms with Gasteiger partial charge >= 0.3 is 0 Å². The van der Waals surface area contributed by atoms with Crippen LogP contribution in [-0.4, -0.2) is 11.1 Å². The third-order valence-corrected chi connectivity index (χ3v) is 5.33. The molecule has 6 heteroatoms. The smallest absolute Gasteiger partial charge is 0.271 e. The predicted molar refractivity (Wildman–Crippen MR) is 100 cm³/mol. The molecule has 0 aliphatic carbocycles. The summed E-state index contributed by atoms with van der Waals surface area (Å²) in [5, 5.41) is 18.4. The number of para-hydroxylation sites is 1. The number of fused-ring (bicyclic) bond motifs is 1. The monoisotopic (exact) mass is 348 g/mol. The second-order valence-electron chi connectivity index (χ2n) is 5.41. The molecule has 0 saturated carbocycles. The van der Waals surface area contributed by atoms with E-state index in [1.807, 2.05) is 62.4 Å². The van der Waals surface area contributed by atoms with E-state index in [2.05, 4.69) is 4.90 Å². The Bertz CT molecular complexity index is 1110. The molecule has 25 heavy (non-hydrogen) atoms. The van der Waals surface area contributed by atoms with Gasteiger partial charge in [0.05, 0.1) is 5.70 Å². The molecule has 1 aromatic heterocycles. The molecule has 0 radical (unpaired) electrons. The van der Waals surface area contributed by atoms with Gasteiger partial charge in [0, 0.05) is 18.8 Å². The lowest BCUT2D eigenvalue weighted by Gasteiger charge is -2.28. The molecular formula is C19H16N4OS. The third kappa shape index (κ3) is 2.67. The van der Waals surface area contributed by atoms with E-state index >= 15 is 0 Å². The zero-order valence-electron chi connectivity index (χ0n) is 14.0. The second kappa shape index (κ2) is 6.80. The molecule has 0 atom stereocenters. The molecule has 0 spiro atoms. The number of anilines is 1. The number of aromatic nitrogens is 1. The molecule has 0 amide bonds. The Morgan fingerprint density at radius 3 is 2.48 bits per heavy atom.